The van der Waals surface area contributed by atoms with E-state index in [2.05, 4.69) is 14.9 Å². The van der Waals surface area contributed by atoms with Crippen molar-refractivity contribution in [3.8, 4) is 0 Å². The molecule has 4 nitrogen and oxygen atoms in total. The van der Waals surface area contributed by atoms with Gasteiger partial charge >= 0.3 is 0 Å². The summed E-state index contributed by atoms with van der Waals surface area (Å²) in [5.74, 6) is 1.57. The highest BCUT2D eigenvalue weighted by molar-refractivity contribution is 4.92. The molecule has 0 radical (unpaired) electrons. The van der Waals surface area contributed by atoms with Crippen LogP contribution in [-0.2, 0) is 13.5 Å². The van der Waals surface area contributed by atoms with Crippen LogP contribution >= 0.6 is 0 Å². The van der Waals surface area contributed by atoms with Gasteiger partial charge in [0, 0.05) is 45.1 Å². The third-order valence-corrected chi connectivity index (χ3v) is 3.82. The molecule has 1 aromatic rings. The highest BCUT2D eigenvalue weighted by atomic mass is 16.3. The van der Waals surface area contributed by atoms with Crippen molar-refractivity contribution in [2.45, 2.75) is 38.1 Å². The maximum Gasteiger partial charge on any atom is 0.109 e. The third kappa shape index (κ3) is 3.30. The lowest BCUT2D eigenvalue weighted by Gasteiger charge is -2.31. The van der Waals surface area contributed by atoms with Crippen LogP contribution < -0.4 is 5.32 Å². The Morgan fingerprint density at radius 1 is 1.47 bits per heavy atom. The number of aliphatic hydroxyl groups excluding tert-OH is 1. The zero-order valence-corrected chi connectivity index (χ0v) is 10.6. The monoisotopic (exact) mass is 237 g/mol. The summed E-state index contributed by atoms with van der Waals surface area (Å²) in [5.41, 5.74) is 0. The molecule has 2 rings (SSSR count). The molecule has 1 fully saturated rings. The summed E-state index contributed by atoms with van der Waals surface area (Å²) in [6.07, 6.45) is 9.69. The molecule has 2 N–H and O–H groups in total. The number of aromatic nitrogens is 2. The third-order valence-electron chi connectivity index (χ3n) is 3.82. The molecule has 0 bridgehead atoms. The number of imidazole rings is 1. The van der Waals surface area contributed by atoms with Crippen molar-refractivity contribution in [2.75, 3.05) is 13.2 Å². The van der Waals surface area contributed by atoms with Gasteiger partial charge in [-0.2, -0.15) is 0 Å². The molecule has 1 aromatic heterocycles. The first-order chi connectivity index (χ1) is 8.31. The quantitative estimate of drug-likeness (QED) is 0.806. The largest absolute Gasteiger partial charge is 0.396 e. The Bertz CT molecular complexity index is 337. The Kier molecular flexibility index (Phi) is 4.57. The summed E-state index contributed by atoms with van der Waals surface area (Å²) in [6, 6.07) is 0.494. The summed E-state index contributed by atoms with van der Waals surface area (Å²) in [7, 11) is 2.03. The van der Waals surface area contributed by atoms with E-state index in [0.29, 0.717) is 18.6 Å². The van der Waals surface area contributed by atoms with Gasteiger partial charge in [0.25, 0.3) is 0 Å². The molecule has 2 unspecified atom stereocenters. The van der Waals surface area contributed by atoms with Gasteiger partial charge in [-0.15, -0.1) is 0 Å². The highest BCUT2D eigenvalue weighted by Crippen LogP contribution is 2.23. The van der Waals surface area contributed by atoms with Gasteiger partial charge in [-0.25, -0.2) is 4.98 Å². The molecule has 0 saturated heterocycles. The van der Waals surface area contributed by atoms with Crippen molar-refractivity contribution in [1.82, 2.24) is 14.9 Å². The van der Waals surface area contributed by atoms with Gasteiger partial charge in [0.2, 0.25) is 0 Å². The zero-order chi connectivity index (χ0) is 12.1. The molecule has 1 heterocycles. The lowest BCUT2D eigenvalue weighted by Crippen LogP contribution is -2.41. The molecule has 0 aliphatic heterocycles. The number of hydrogen-bond donors (Lipinski definition) is 2. The first-order valence-electron chi connectivity index (χ1n) is 6.61. The molecule has 96 valence electrons. The molecule has 4 heteroatoms. The lowest BCUT2D eigenvalue weighted by atomic mass is 9.85. The molecule has 17 heavy (non-hydrogen) atoms. The normalized spacial score (nSPS) is 25.1. The van der Waals surface area contributed by atoms with Crippen molar-refractivity contribution >= 4 is 0 Å². The van der Waals surface area contributed by atoms with Crippen LogP contribution in [0.2, 0.25) is 0 Å². The SMILES string of the molecule is Cn1ccnc1CCNC1CCCCC1CO. The number of nitrogens with zero attached hydrogens (tertiary/aromatic N) is 2. The van der Waals surface area contributed by atoms with Crippen molar-refractivity contribution in [1.29, 1.82) is 0 Å². The molecule has 1 aliphatic carbocycles. The maximum atomic E-state index is 9.33. The van der Waals surface area contributed by atoms with Crippen LogP contribution in [0.3, 0.4) is 0 Å². The summed E-state index contributed by atoms with van der Waals surface area (Å²) in [6.45, 7) is 1.27. The Balaban J connectivity index is 1.75. The maximum absolute atomic E-state index is 9.33. The van der Waals surface area contributed by atoms with Gasteiger partial charge < -0.3 is 15.0 Å². The van der Waals surface area contributed by atoms with E-state index in [1.165, 1.54) is 19.3 Å². The van der Waals surface area contributed by atoms with E-state index in [9.17, 15) is 5.11 Å². The van der Waals surface area contributed by atoms with E-state index in [0.717, 1.165) is 25.2 Å². The fourth-order valence-corrected chi connectivity index (χ4v) is 2.70. The second-order valence-electron chi connectivity index (χ2n) is 4.99. The van der Waals surface area contributed by atoms with E-state index >= 15 is 0 Å². The number of aliphatic hydroxyl groups is 1. The summed E-state index contributed by atoms with van der Waals surface area (Å²) in [4.78, 5) is 4.31. The average molecular weight is 237 g/mol. The minimum Gasteiger partial charge on any atom is -0.396 e. The van der Waals surface area contributed by atoms with Crippen molar-refractivity contribution in [3.05, 3.63) is 18.2 Å². The molecular formula is C13H23N3O. The standard InChI is InChI=1S/C13H23N3O/c1-16-9-8-15-13(16)6-7-14-12-5-3-2-4-11(12)10-17/h8-9,11-12,14,17H,2-7,10H2,1H3. The Labute approximate surface area is 103 Å². The Morgan fingerprint density at radius 2 is 2.29 bits per heavy atom. The molecule has 2 atom stereocenters. The van der Waals surface area contributed by atoms with Gasteiger partial charge in [0.1, 0.15) is 5.82 Å². The van der Waals surface area contributed by atoms with Crippen molar-refractivity contribution < 1.29 is 5.11 Å². The number of hydrogen-bond acceptors (Lipinski definition) is 3. The van der Waals surface area contributed by atoms with E-state index in [-0.39, 0.29) is 0 Å². The average Bonchev–Trinajstić information content (AvgIpc) is 2.76. The van der Waals surface area contributed by atoms with Crippen LogP contribution in [0.5, 0.6) is 0 Å². The van der Waals surface area contributed by atoms with Gasteiger partial charge in [-0.05, 0) is 18.8 Å². The summed E-state index contributed by atoms with van der Waals surface area (Å²) >= 11 is 0. The van der Waals surface area contributed by atoms with Crippen LogP contribution in [0, 0.1) is 5.92 Å². The molecule has 0 aromatic carbocycles. The fraction of sp³-hybridized carbons (Fsp3) is 0.769. The van der Waals surface area contributed by atoms with E-state index in [4.69, 9.17) is 0 Å². The van der Waals surface area contributed by atoms with E-state index in [1.54, 1.807) is 0 Å². The van der Waals surface area contributed by atoms with Crippen LogP contribution in [0.25, 0.3) is 0 Å². The van der Waals surface area contributed by atoms with Gasteiger partial charge in [0.05, 0.1) is 0 Å². The topological polar surface area (TPSA) is 50.1 Å². The number of rotatable bonds is 5. The first kappa shape index (κ1) is 12.6. The van der Waals surface area contributed by atoms with Crippen LogP contribution in [0.4, 0.5) is 0 Å². The molecule has 0 amide bonds. The highest BCUT2D eigenvalue weighted by Gasteiger charge is 2.23. The predicted molar refractivity (Wildman–Crippen MR) is 67.7 cm³/mol. The molecule has 0 spiro atoms. The van der Waals surface area contributed by atoms with Crippen LogP contribution in [0.1, 0.15) is 31.5 Å². The molecule has 1 aliphatic rings. The minimum absolute atomic E-state index is 0.320. The van der Waals surface area contributed by atoms with E-state index in [1.807, 2.05) is 19.4 Å². The smallest absolute Gasteiger partial charge is 0.109 e. The predicted octanol–water partition coefficient (Wildman–Crippen LogP) is 1.10. The lowest BCUT2D eigenvalue weighted by molar-refractivity contribution is 0.153. The second kappa shape index (κ2) is 6.17. The van der Waals surface area contributed by atoms with Crippen LogP contribution in [0.15, 0.2) is 12.4 Å². The summed E-state index contributed by atoms with van der Waals surface area (Å²) in [5, 5.41) is 12.9. The minimum atomic E-state index is 0.320. The fourth-order valence-electron chi connectivity index (χ4n) is 2.70. The Morgan fingerprint density at radius 3 is 3.00 bits per heavy atom. The summed E-state index contributed by atoms with van der Waals surface area (Å²) < 4.78 is 2.06. The molecule has 1 saturated carbocycles. The van der Waals surface area contributed by atoms with Gasteiger partial charge in [0.15, 0.2) is 0 Å². The number of aryl methyl sites for hydroxylation is 1. The first-order valence-corrected chi connectivity index (χ1v) is 6.61. The number of nitrogens with one attached hydrogen (secondary N) is 1. The van der Waals surface area contributed by atoms with Gasteiger partial charge in [-0.3, -0.25) is 0 Å². The van der Waals surface area contributed by atoms with Crippen molar-refractivity contribution in [2.24, 2.45) is 13.0 Å². The van der Waals surface area contributed by atoms with Crippen LogP contribution in [-0.4, -0.2) is 33.9 Å². The zero-order valence-electron chi connectivity index (χ0n) is 10.6. The molecular weight excluding hydrogens is 214 g/mol. The van der Waals surface area contributed by atoms with Gasteiger partial charge in [-0.1, -0.05) is 12.8 Å². The van der Waals surface area contributed by atoms with E-state index < -0.39 is 0 Å². The van der Waals surface area contributed by atoms with Crippen molar-refractivity contribution in [3.63, 3.8) is 0 Å². The second-order valence-corrected chi connectivity index (χ2v) is 4.99. The Hall–Kier alpha value is -0.870.